The third-order valence-electron chi connectivity index (χ3n) is 2.68. The third kappa shape index (κ3) is 3.09. The average Bonchev–Trinajstić information content (AvgIpc) is 2.67. The fraction of sp³-hybridized carbons (Fsp3) is 0.900. The van der Waals surface area contributed by atoms with E-state index in [1.54, 1.807) is 0 Å². The lowest BCUT2D eigenvalue weighted by molar-refractivity contribution is 0.603. The molecule has 0 aliphatic carbocycles. The van der Waals surface area contributed by atoms with E-state index >= 15 is 0 Å². The third-order valence-corrected chi connectivity index (χ3v) is 4.87. The lowest BCUT2D eigenvalue weighted by atomic mass is 10.1. The molecule has 0 aromatic rings. The van der Waals surface area contributed by atoms with Crippen molar-refractivity contribution in [3.63, 3.8) is 0 Å². The van der Waals surface area contributed by atoms with Crippen LogP contribution in [-0.2, 0) is 0 Å². The number of thioether (sulfide) groups is 2. The van der Waals surface area contributed by atoms with Crippen LogP contribution in [0.3, 0.4) is 0 Å². The van der Waals surface area contributed by atoms with Gasteiger partial charge in [0.25, 0.3) is 0 Å². The van der Waals surface area contributed by atoms with Gasteiger partial charge in [-0.1, -0.05) is 11.8 Å². The lowest BCUT2D eigenvalue weighted by Gasteiger charge is -2.22. The fourth-order valence-corrected chi connectivity index (χ4v) is 4.07. The van der Waals surface area contributed by atoms with Crippen LogP contribution >= 0.6 is 23.5 Å². The molecule has 2 fully saturated rings. The maximum absolute atomic E-state index is 4.67. The highest BCUT2D eigenvalue weighted by Crippen LogP contribution is 2.24. The van der Waals surface area contributed by atoms with Crippen LogP contribution in [0, 0.1) is 5.92 Å². The zero-order valence-corrected chi connectivity index (χ0v) is 10.3. The Morgan fingerprint density at radius 2 is 2.36 bits per heavy atom. The summed E-state index contributed by atoms with van der Waals surface area (Å²) in [6.07, 6.45) is 2.63. The summed E-state index contributed by atoms with van der Waals surface area (Å²) in [5.74, 6) is 4.72. The van der Waals surface area contributed by atoms with Gasteiger partial charge in [0.2, 0.25) is 0 Å². The van der Waals surface area contributed by atoms with E-state index in [9.17, 15) is 0 Å². The molecule has 2 unspecified atom stereocenters. The molecule has 0 saturated carbocycles. The summed E-state index contributed by atoms with van der Waals surface area (Å²) in [6.45, 7) is 3.27. The minimum atomic E-state index is 0.618. The van der Waals surface area contributed by atoms with Crippen molar-refractivity contribution >= 4 is 28.7 Å². The number of nitrogens with one attached hydrogen (secondary N) is 1. The summed E-state index contributed by atoms with van der Waals surface area (Å²) in [4.78, 5) is 4.67. The molecule has 0 aromatic heterocycles. The normalized spacial score (nSPS) is 35.9. The Balaban J connectivity index is 1.78. The predicted octanol–water partition coefficient (Wildman–Crippen LogP) is 2.21. The molecule has 2 aliphatic heterocycles. The molecule has 2 rings (SSSR count). The first-order chi connectivity index (χ1) is 6.84. The van der Waals surface area contributed by atoms with Crippen LogP contribution in [0.1, 0.15) is 19.8 Å². The molecule has 0 aromatic carbocycles. The topological polar surface area (TPSA) is 24.4 Å². The molecule has 0 radical (unpaired) electrons. The maximum atomic E-state index is 4.67. The Morgan fingerprint density at radius 3 is 3.07 bits per heavy atom. The molecular weight excluding hydrogens is 212 g/mol. The van der Waals surface area contributed by atoms with Gasteiger partial charge < -0.3 is 5.32 Å². The monoisotopic (exact) mass is 230 g/mol. The summed E-state index contributed by atoms with van der Waals surface area (Å²) >= 11 is 3.96. The molecule has 4 heteroatoms. The van der Waals surface area contributed by atoms with E-state index in [0.717, 1.165) is 12.5 Å². The molecule has 2 heterocycles. The minimum absolute atomic E-state index is 0.618. The van der Waals surface area contributed by atoms with Crippen molar-refractivity contribution in [2.75, 3.05) is 23.8 Å². The summed E-state index contributed by atoms with van der Waals surface area (Å²) in [5, 5.41) is 4.63. The molecule has 80 valence electrons. The number of aliphatic imine (C=N–C) groups is 1. The maximum Gasteiger partial charge on any atom is 0.156 e. The van der Waals surface area contributed by atoms with Crippen LogP contribution in [0.15, 0.2) is 4.99 Å². The Morgan fingerprint density at radius 1 is 1.43 bits per heavy atom. The first-order valence-corrected chi connectivity index (χ1v) is 7.50. The number of amidine groups is 1. The van der Waals surface area contributed by atoms with Gasteiger partial charge in [-0.15, -0.1) is 0 Å². The quantitative estimate of drug-likeness (QED) is 0.787. The summed E-state index contributed by atoms with van der Waals surface area (Å²) in [5.41, 5.74) is 0. The average molecular weight is 230 g/mol. The van der Waals surface area contributed by atoms with Gasteiger partial charge in [-0.3, -0.25) is 4.99 Å². The molecular formula is C10H18N2S2. The lowest BCUT2D eigenvalue weighted by Crippen LogP contribution is -2.35. The van der Waals surface area contributed by atoms with E-state index in [4.69, 9.17) is 0 Å². The van der Waals surface area contributed by atoms with E-state index in [1.165, 1.54) is 35.3 Å². The molecule has 2 nitrogen and oxygen atoms in total. The second-order valence-corrected chi connectivity index (χ2v) is 6.29. The predicted molar refractivity (Wildman–Crippen MR) is 67.4 cm³/mol. The first kappa shape index (κ1) is 10.7. The Labute approximate surface area is 94.7 Å². The number of rotatable bonds is 2. The summed E-state index contributed by atoms with van der Waals surface area (Å²) in [6, 6.07) is 0.618. The van der Waals surface area contributed by atoms with Crippen LogP contribution in [0.5, 0.6) is 0 Å². The number of hydrogen-bond acceptors (Lipinski definition) is 3. The van der Waals surface area contributed by atoms with Gasteiger partial charge in [0.05, 0.1) is 0 Å². The van der Waals surface area contributed by atoms with E-state index in [2.05, 4.69) is 29.0 Å². The fourth-order valence-electron chi connectivity index (χ4n) is 1.69. The van der Waals surface area contributed by atoms with Gasteiger partial charge in [-0.05, 0) is 37.2 Å². The van der Waals surface area contributed by atoms with Gasteiger partial charge >= 0.3 is 0 Å². The SMILES string of the molecule is CC1CCSC(=NCC2CCSC2)N1. The van der Waals surface area contributed by atoms with Crippen molar-refractivity contribution in [3.8, 4) is 0 Å². The van der Waals surface area contributed by atoms with Crippen LogP contribution in [0.2, 0.25) is 0 Å². The Hall–Kier alpha value is 0.170. The zero-order valence-electron chi connectivity index (χ0n) is 8.66. The van der Waals surface area contributed by atoms with Gasteiger partial charge in [0, 0.05) is 18.3 Å². The van der Waals surface area contributed by atoms with Crippen molar-refractivity contribution < 1.29 is 0 Å². The standard InChI is InChI=1S/C10H18N2S2/c1-8-2-5-14-10(12-8)11-6-9-3-4-13-7-9/h8-9H,2-7H2,1H3,(H,11,12). The van der Waals surface area contributed by atoms with Crippen molar-refractivity contribution in [2.45, 2.75) is 25.8 Å². The summed E-state index contributed by atoms with van der Waals surface area (Å²) in [7, 11) is 0. The van der Waals surface area contributed by atoms with Gasteiger partial charge in [0.15, 0.2) is 5.17 Å². The highest BCUT2D eigenvalue weighted by molar-refractivity contribution is 8.13. The van der Waals surface area contributed by atoms with E-state index in [1.807, 2.05) is 11.8 Å². The van der Waals surface area contributed by atoms with Crippen LogP contribution in [0.4, 0.5) is 0 Å². The van der Waals surface area contributed by atoms with E-state index in [0.29, 0.717) is 6.04 Å². The van der Waals surface area contributed by atoms with E-state index in [-0.39, 0.29) is 0 Å². The molecule has 2 aliphatic rings. The number of hydrogen-bond donors (Lipinski definition) is 1. The van der Waals surface area contributed by atoms with Gasteiger partial charge in [-0.25, -0.2) is 0 Å². The Bertz CT molecular complexity index is 212. The van der Waals surface area contributed by atoms with Gasteiger partial charge in [0.1, 0.15) is 0 Å². The highest BCUT2D eigenvalue weighted by atomic mass is 32.2. The molecule has 1 N–H and O–H groups in total. The minimum Gasteiger partial charge on any atom is -0.362 e. The molecule has 14 heavy (non-hydrogen) atoms. The van der Waals surface area contributed by atoms with Crippen molar-refractivity contribution in [1.82, 2.24) is 5.32 Å². The largest absolute Gasteiger partial charge is 0.362 e. The first-order valence-electron chi connectivity index (χ1n) is 5.36. The zero-order chi connectivity index (χ0) is 9.80. The number of nitrogens with zero attached hydrogens (tertiary/aromatic N) is 1. The van der Waals surface area contributed by atoms with Crippen LogP contribution < -0.4 is 5.32 Å². The molecule has 0 amide bonds. The van der Waals surface area contributed by atoms with Crippen molar-refractivity contribution in [1.29, 1.82) is 0 Å². The van der Waals surface area contributed by atoms with Crippen LogP contribution in [-0.4, -0.2) is 35.0 Å². The molecule has 0 bridgehead atoms. The van der Waals surface area contributed by atoms with Crippen molar-refractivity contribution in [3.05, 3.63) is 0 Å². The second-order valence-electron chi connectivity index (χ2n) is 4.06. The molecule has 2 saturated heterocycles. The Kier molecular flexibility index (Phi) is 4.05. The smallest absolute Gasteiger partial charge is 0.156 e. The van der Waals surface area contributed by atoms with Crippen LogP contribution in [0.25, 0.3) is 0 Å². The molecule has 0 spiro atoms. The summed E-state index contributed by atoms with van der Waals surface area (Å²) < 4.78 is 0. The van der Waals surface area contributed by atoms with Crippen molar-refractivity contribution in [2.24, 2.45) is 10.9 Å². The van der Waals surface area contributed by atoms with E-state index < -0.39 is 0 Å². The second kappa shape index (κ2) is 5.31. The molecule has 2 atom stereocenters. The van der Waals surface area contributed by atoms with Gasteiger partial charge in [-0.2, -0.15) is 11.8 Å². The highest BCUT2D eigenvalue weighted by Gasteiger charge is 2.17.